The van der Waals surface area contributed by atoms with Gasteiger partial charge in [-0.3, -0.25) is 9.79 Å². The van der Waals surface area contributed by atoms with E-state index in [-0.39, 0.29) is 16.7 Å². The molecule has 1 saturated carbocycles. The largest absolute Gasteiger partial charge is 0.357 e. The number of nitrogens with zero attached hydrogens (tertiary/aromatic N) is 1. The Hall–Kier alpha value is -2.13. The van der Waals surface area contributed by atoms with Gasteiger partial charge < -0.3 is 16.0 Å². The van der Waals surface area contributed by atoms with Crippen molar-refractivity contribution < 1.29 is 13.2 Å². The van der Waals surface area contributed by atoms with Gasteiger partial charge in [-0.2, -0.15) is 0 Å². The van der Waals surface area contributed by atoms with Gasteiger partial charge in [0.2, 0.25) is 15.9 Å². The SMILES string of the molecule is CCNC(=NCCc1ccc(S(N)(=O)=O)cc1)NCCNC(=O)C1CC1. The molecule has 8 nitrogen and oxygen atoms in total. The molecule has 0 aliphatic heterocycles. The van der Waals surface area contributed by atoms with Gasteiger partial charge in [-0.15, -0.1) is 0 Å². The van der Waals surface area contributed by atoms with Crippen LogP contribution in [0.5, 0.6) is 0 Å². The standard InChI is InChI=1S/C17H27N5O3S/c1-2-19-17(22-12-11-20-16(23)14-5-6-14)21-10-9-13-3-7-15(8-4-13)26(18,24)25/h3-4,7-8,14H,2,5-6,9-12H2,1H3,(H,20,23)(H2,18,24,25)(H2,19,21,22). The van der Waals surface area contributed by atoms with Gasteiger partial charge in [-0.25, -0.2) is 13.6 Å². The van der Waals surface area contributed by atoms with E-state index in [1.807, 2.05) is 6.92 Å². The van der Waals surface area contributed by atoms with E-state index in [0.717, 1.165) is 24.9 Å². The molecule has 1 aromatic carbocycles. The number of nitrogens with one attached hydrogen (secondary N) is 3. The summed E-state index contributed by atoms with van der Waals surface area (Å²) in [6.45, 7) is 4.45. The Balaban J connectivity index is 1.75. The lowest BCUT2D eigenvalue weighted by molar-refractivity contribution is -0.122. The maximum absolute atomic E-state index is 11.6. The molecule has 0 bridgehead atoms. The Labute approximate surface area is 154 Å². The highest BCUT2D eigenvalue weighted by atomic mass is 32.2. The zero-order valence-electron chi connectivity index (χ0n) is 15.0. The van der Waals surface area contributed by atoms with Crippen molar-refractivity contribution >= 4 is 21.9 Å². The van der Waals surface area contributed by atoms with Crippen LogP contribution in [0.2, 0.25) is 0 Å². The molecule has 2 rings (SSSR count). The Morgan fingerprint density at radius 2 is 1.81 bits per heavy atom. The Kier molecular flexibility index (Phi) is 7.40. The average Bonchev–Trinajstić information content (AvgIpc) is 3.43. The van der Waals surface area contributed by atoms with Crippen LogP contribution in [0, 0.1) is 5.92 Å². The number of hydrogen-bond donors (Lipinski definition) is 4. The number of hydrogen-bond acceptors (Lipinski definition) is 4. The van der Waals surface area contributed by atoms with E-state index in [0.29, 0.717) is 32.0 Å². The molecule has 0 spiro atoms. The van der Waals surface area contributed by atoms with E-state index >= 15 is 0 Å². The molecule has 0 atom stereocenters. The first-order valence-electron chi connectivity index (χ1n) is 8.81. The summed E-state index contributed by atoms with van der Waals surface area (Å²) < 4.78 is 22.5. The molecule has 0 unspecified atom stereocenters. The second-order valence-corrected chi connectivity index (χ2v) is 7.75. The van der Waals surface area contributed by atoms with Gasteiger partial charge in [0.25, 0.3) is 0 Å². The van der Waals surface area contributed by atoms with Gasteiger partial charge in [0.15, 0.2) is 5.96 Å². The highest BCUT2D eigenvalue weighted by Crippen LogP contribution is 2.28. The summed E-state index contributed by atoms with van der Waals surface area (Å²) in [5.74, 6) is 1.04. The maximum Gasteiger partial charge on any atom is 0.238 e. The number of benzene rings is 1. The summed E-state index contributed by atoms with van der Waals surface area (Å²) in [4.78, 5) is 16.1. The molecule has 0 aromatic heterocycles. The van der Waals surface area contributed by atoms with Crippen molar-refractivity contribution in [2.24, 2.45) is 16.0 Å². The molecule has 0 heterocycles. The molecule has 0 saturated heterocycles. The van der Waals surface area contributed by atoms with Crippen molar-refractivity contribution in [3.8, 4) is 0 Å². The van der Waals surface area contributed by atoms with Crippen molar-refractivity contribution in [1.82, 2.24) is 16.0 Å². The third-order valence-corrected chi connectivity index (χ3v) is 4.86. The van der Waals surface area contributed by atoms with Crippen LogP contribution >= 0.6 is 0 Å². The molecule has 1 aliphatic carbocycles. The Morgan fingerprint density at radius 3 is 2.38 bits per heavy atom. The maximum atomic E-state index is 11.6. The molecule has 0 radical (unpaired) electrons. The van der Waals surface area contributed by atoms with Crippen LogP contribution in [0.15, 0.2) is 34.2 Å². The van der Waals surface area contributed by atoms with Crippen molar-refractivity contribution in [2.75, 3.05) is 26.2 Å². The predicted octanol–water partition coefficient (Wildman–Crippen LogP) is -0.0422. The van der Waals surface area contributed by atoms with Gasteiger partial charge in [0.05, 0.1) is 4.90 Å². The van der Waals surface area contributed by atoms with Gasteiger partial charge in [0, 0.05) is 32.1 Å². The lowest BCUT2D eigenvalue weighted by Crippen LogP contribution is -2.41. The van der Waals surface area contributed by atoms with Gasteiger partial charge in [-0.1, -0.05) is 12.1 Å². The van der Waals surface area contributed by atoms with Gasteiger partial charge in [0.1, 0.15) is 0 Å². The van der Waals surface area contributed by atoms with Crippen molar-refractivity contribution in [2.45, 2.75) is 31.1 Å². The zero-order chi connectivity index (χ0) is 19.0. The van der Waals surface area contributed by atoms with E-state index < -0.39 is 10.0 Å². The van der Waals surface area contributed by atoms with Crippen LogP contribution in [-0.2, 0) is 21.2 Å². The normalized spacial score (nSPS) is 14.8. The molecule has 26 heavy (non-hydrogen) atoms. The van der Waals surface area contributed by atoms with Crippen molar-refractivity contribution in [3.05, 3.63) is 29.8 Å². The third-order valence-electron chi connectivity index (χ3n) is 3.93. The Bertz CT molecular complexity index is 727. The van der Waals surface area contributed by atoms with E-state index in [2.05, 4.69) is 20.9 Å². The summed E-state index contributed by atoms with van der Waals surface area (Å²) in [6, 6.07) is 6.48. The summed E-state index contributed by atoms with van der Waals surface area (Å²) >= 11 is 0. The molecule has 1 aliphatic rings. The number of sulfonamides is 1. The van der Waals surface area contributed by atoms with Crippen LogP contribution in [0.3, 0.4) is 0 Å². The summed E-state index contributed by atoms with van der Waals surface area (Å²) in [5.41, 5.74) is 0.980. The molecule has 1 fully saturated rings. The Morgan fingerprint density at radius 1 is 1.15 bits per heavy atom. The summed E-state index contributed by atoms with van der Waals surface area (Å²) in [7, 11) is -3.66. The first-order chi connectivity index (χ1) is 12.4. The number of carbonyl (C=O) groups is 1. The topological polar surface area (TPSA) is 126 Å². The van der Waals surface area contributed by atoms with E-state index in [9.17, 15) is 13.2 Å². The quantitative estimate of drug-likeness (QED) is 0.271. The van der Waals surface area contributed by atoms with Crippen molar-refractivity contribution in [1.29, 1.82) is 0 Å². The minimum atomic E-state index is -3.66. The number of amides is 1. The lowest BCUT2D eigenvalue weighted by atomic mass is 10.1. The number of nitrogens with two attached hydrogens (primary N) is 1. The van der Waals surface area contributed by atoms with Crippen LogP contribution in [0.4, 0.5) is 0 Å². The first kappa shape index (κ1) is 20.2. The van der Waals surface area contributed by atoms with Crippen molar-refractivity contribution in [3.63, 3.8) is 0 Å². The number of carbonyl (C=O) groups excluding carboxylic acids is 1. The van der Waals surface area contributed by atoms with Gasteiger partial charge in [-0.05, 0) is 43.9 Å². The van der Waals surface area contributed by atoms with Crippen LogP contribution in [0.1, 0.15) is 25.3 Å². The highest BCUT2D eigenvalue weighted by molar-refractivity contribution is 7.89. The first-order valence-corrected chi connectivity index (χ1v) is 10.4. The molecule has 1 amide bonds. The second kappa shape index (κ2) is 9.54. The van der Waals surface area contributed by atoms with E-state index in [1.54, 1.807) is 12.1 Å². The molecule has 144 valence electrons. The molecular weight excluding hydrogens is 354 g/mol. The fourth-order valence-corrected chi connectivity index (χ4v) is 2.86. The molecule has 9 heteroatoms. The van der Waals surface area contributed by atoms with Crippen LogP contribution < -0.4 is 21.1 Å². The zero-order valence-corrected chi connectivity index (χ0v) is 15.8. The smallest absolute Gasteiger partial charge is 0.238 e. The fourth-order valence-electron chi connectivity index (χ4n) is 2.34. The predicted molar refractivity (Wildman–Crippen MR) is 101 cm³/mol. The number of primary sulfonamides is 1. The lowest BCUT2D eigenvalue weighted by Gasteiger charge is -2.12. The molecule has 5 N–H and O–H groups in total. The molecular formula is C17H27N5O3S. The minimum Gasteiger partial charge on any atom is -0.357 e. The van der Waals surface area contributed by atoms with E-state index in [1.165, 1.54) is 12.1 Å². The second-order valence-electron chi connectivity index (χ2n) is 6.19. The number of rotatable bonds is 9. The third kappa shape index (κ3) is 7.01. The monoisotopic (exact) mass is 381 g/mol. The number of guanidine groups is 1. The van der Waals surface area contributed by atoms with Gasteiger partial charge >= 0.3 is 0 Å². The minimum absolute atomic E-state index is 0.105. The number of aliphatic imine (C=N–C) groups is 1. The average molecular weight is 382 g/mol. The summed E-state index contributed by atoms with van der Waals surface area (Å²) in [6.07, 6.45) is 2.68. The van der Waals surface area contributed by atoms with Crippen LogP contribution in [-0.4, -0.2) is 46.5 Å². The highest BCUT2D eigenvalue weighted by Gasteiger charge is 2.28. The molecule has 1 aromatic rings. The fraction of sp³-hybridized carbons (Fsp3) is 0.529. The van der Waals surface area contributed by atoms with Crippen LogP contribution in [0.25, 0.3) is 0 Å². The summed E-state index contributed by atoms with van der Waals surface area (Å²) in [5, 5.41) is 14.3. The van der Waals surface area contributed by atoms with E-state index in [4.69, 9.17) is 5.14 Å².